The molecule has 0 aromatic carbocycles. The van der Waals surface area contributed by atoms with Crippen LogP contribution in [0.2, 0.25) is 0 Å². The van der Waals surface area contributed by atoms with Gasteiger partial charge in [0, 0.05) is 17.5 Å². The predicted octanol–water partition coefficient (Wildman–Crippen LogP) is 3.08. The van der Waals surface area contributed by atoms with Crippen LogP contribution in [0.25, 0.3) is 0 Å². The molecule has 18 heavy (non-hydrogen) atoms. The van der Waals surface area contributed by atoms with Gasteiger partial charge < -0.3 is 5.32 Å². The van der Waals surface area contributed by atoms with E-state index >= 15 is 0 Å². The highest BCUT2D eigenvalue weighted by atomic mass is 32.2. The van der Waals surface area contributed by atoms with Gasteiger partial charge in [-0.15, -0.1) is 0 Å². The van der Waals surface area contributed by atoms with E-state index in [9.17, 15) is 10.1 Å². The summed E-state index contributed by atoms with van der Waals surface area (Å²) in [5, 5.41) is 14.9. The SMILES string of the molecule is CSC1CCC(Nc2ccncc2[N+](=O)[O-])CC1. The van der Waals surface area contributed by atoms with E-state index in [1.54, 1.807) is 12.3 Å². The van der Waals surface area contributed by atoms with E-state index in [4.69, 9.17) is 0 Å². The number of nitrogens with one attached hydrogen (secondary N) is 1. The van der Waals surface area contributed by atoms with E-state index in [1.165, 1.54) is 19.0 Å². The molecule has 6 heteroatoms. The van der Waals surface area contributed by atoms with Crippen LogP contribution in [0.15, 0.2) is 18.5 Å². The first-order valence-corrected chi connectivity index (χ1v) is 7.37. The first-order chi connectivity index (χ1) is 8.70. The fourth-order valence-electron chi connectivity index (χ4n) is 2.32. The second-order valence-corrected chi connectivity index (χ2v) is 5.64. The van der Waals surface area contributed by atoms with Crippen molar-refractivity contribution < 1.29 is 4.92 Å². The third-order valence-electron chi connectivity index (χ3n) is 3.36. The highest BCUT2D eigenvalue weighted by Crippen LogP contribution is 2.30. The van der Waals surface area contributed by atoms with Crippen molar-refractivity contribution in [3.8, 4) is 0 Å². The molecule has 1 aromatic heterocycles. The molecule has 1 aliphatic carbocycles. The molecule has 0 saturated heterocycles. The molecule has 0 spiro atoms. The fourth-order valence-corrected chi connectivity index (χ4v) is 3.06. The first-order valence-electron chi connectivity index (χ1n) is 6.08. The van der Waals surface area contributed by atoms with Crippen molar-refractivity contribution in [2.24, 2.45) is 0 Å². The molecule has 0 amide bonds. The Labute approximate surface area is 111 Å². The minimum Gasteiger partial charge on any atom is -0.377 e. The normalized spacial score (nSPS) is 23.6. The lowest BCUT2D eigenvalue weighted by molar-refractivity contribution is -0.384. The number of nitrogens with zero attached hydrogens (tertiary/aromatic N) is 2. The standard InChI is InChI=1S/C12H17N3O2S/c1-18-10-4-2-9(3-5-10)14-11-6-7-13-8-12(11)15(16)17/h6-10H,2-5H2,1H3,(H,13,14). The zero-order chi connectivity index (χ0) is 13.0. The number of hydrogen-bond donors (Lipinski definition) is 1. The number of hydrogen-bond acceptors (Lipinski definition) is 5. The molecule has 5 nitrogen and oxygen atoms in total. The number of aromatic nitrogens is 1. The Bertz CT molecular complexity index is 420. The van der Waals surface area contributed by atoms with Gasteiger partial charge in [-0.25, -0.2) is 0 Å². The lowest BCUT2D eigenvalue weighted by atomic mass is 9.95. The van der Waals surface area contributed by atoms with Crippen LogP contribution >= 0.6 is 11.8 Å². The Balaban J connectivity index is 2.00. The van der Waals surface area contributed by atoms with Gasteiger partial charge in [0.2, 0.25) is 0 Å². The molecule has 1 fully saturated rings. The predicted molar refractivity (Wildman–Crippen MR) is 74.1 cm³/mol. The van der Waals surface area contributed by atoms with Crippen LogP contribution in [0.3, 0.4) is 0 Å². The molecule has 0 aliphatic heterocycles. The van der Waals surface area contributed by atoms with Crippen molar-refractivity contribution in [3.63, 3.8) is 0 Å². The summed E-state index contributed by atoms with van der Waals surface area (Å²) in [6, 6.07) is 2.02. The molecule has 1 N–H and O–H groups in total. The maximum atomic E-state index is 10.9. The van der Waals surface area contributed by atoms with Gasteiger partial charge in [-0.2, -0.15) is 11.8 Å². The van der Waals surface area contributed by atoms with Crippen LogP contribution in [0.5, 0.6) is 0 Å². The van der Waals surface area contributed by atoms with E-state index < -0.39 is 0 Å². The summed E-state index contributed by atoms with van der Waals surface area (Å²) in [5.41, 5.74) is 0.645. The fraction of sp³-hybridized carbons (Fsp3) is 0.583. The Morgan fingerprint density at radius 2 is 2.17 bits per heavy atom. The summed E-state index contributed by atoms with van der Waals surface area (Å²) in [7, 11) is 0. The number of rotatable bonds is 4. The van der Waals surface area contributed by atoms with Crippen LogP contribution < -0.4 is 5.32 Å². The maximum Gasteiger partial charge on any atom is 0.310 e. The van der Waals surface area contributed by atoms with Crippen molar-refractivity contribution in [2.75, 3.05) is 11.6 Å². The molecular weight excluding hydrogens is 250 g/mol. The molecule has 2 rings (SSSR count). The van der Waals surface area contributed by atoms with Gasteiger partial charge in [0.1, 0.15) is 11.9 Å². The Hall–Kier alpha value is -1.30. The maximum absolute atomic E-state index is 10.9. The summed E-state index contributed by atoms with van der Waals surface area (Å²) in [5.74, 6) is 0. The van der Waals surface area contributed by atoms with E-state index in [1.807, 2.05) is 11.8 Å². The van der Waals surface area contributed by atoms with Gasteiger partial charge in [0.05, 0.1) is 4.92 Å². The highest BCUT2D eigenvalue weighted by Gasteiger charge is 2.22. The van der Waals surface area contributed by atoms with Gasteiger partial charge >= 0.3 is 5.69 Å². The third kappa shape index (κ3) is 3.13. The summed E-state index contributed by atoms with van der Waals surface area (Å²) in [6.45, 7) is 0. The average Bonchev–Trinajstić information content (AvgIpc) is 2.40. The van der Waals surface area contributed by atoms with E-state index in [0.29, 0.717) is 11.7 Å². The van der Waals surface area contributed by atoms with Crippen molar-refractivity contribution in [3.05, 3.63) is 28.6 Å². The average molecular weight is 267 g/mol. The van der Waals surface area contributed by atoms with Gasteiger partial charge in [0.15, 0.2) is 0 Å². The highest BCUT2D eigenvalue weighted by molar-refractivity contribution is 7.99. The third-order valence-corrected chi connectivity index (χ3v) is 4.50. The Kier molecular flexibility index (Phi) is 4.41. The molecule has 0 bridgehead atoms. The first kappa shape index (κ1) is 13.1. The van der Waals surface area contributed by atoms with E-state index in [0.717, 1.165) is 18.1 Å². The van der Waals surface area contributed by atoms with E-state index in [2.05, 4.69) is 16.6 Å². The number of anilines is 1. The minimum absolute atomic E-state index is 0.0597. The van der Waals surface area contributed by atoms with Gasteiger partial charge in [0.25, 0.3) is 0 Å². The van der Waals surface area contributed by atoms with Crippen LogP contribution in [-0.4, -0.2) is 27.5 Å². The van der Waals surface area contributed by atoms with Gasteiger partial charge in [-0.3, -0.25) is 15.1 Å². The summed E-state index contributed by atoms with van der Waals surface area (Å²) >= 11 is 1.92. The number of nitro groups is 1. The van der Waals surface area contributed by atoms with Crippen molar-refractivity contribution in [2.45, 2.75) is 37.0 Å². The van der Waals surface area contributed by atoms with Crippen molar-refractivity contribution in [1.29, 1.82) is 0 Å². The summed E-state index contributed by atoms with van der Waals surface area (Å²) in [6.07, 6.45) is 9.54. The minimum atomic E-state index is -0.386. The second kappa shape index (κ2) is 6.04. The van der Waals surface area contributed by atoms with E-state index in [-0.39, 0.29) is 10.6 Å². The molecule has 1 heterocycles. The Morgan fingerprint density at radius 3 is 2.78 bits per heavy atom. The van der Waals surface area contributed by atoms with Gasteiger partial charge in [-0.1, -0.05) is 0 Å². The topological polar surface area (TPSA) is 68.1 Å². The monoisotopic (exact) mass is 267 g/mol. The zero-order valence-corrected chi connectivity index (χ0v) is 11.2. The summed E-state index contributed by atoms with van der Waals surface area (Å²) in [4.78, 5) is 14.3. The lowest BCUT2D eigenvalue weighted by Crippen LogP contribution is -2.27. The van der Waals surface area contributed by atoms with Crippen LogP contribution in [0.1, 0.15) is 25.7 Å². The van der Waals surface area contributed by atoms with Crippen LogP contribution in [0.4, 0.5) is 11.4 Å². The zero-order valence-electron chi connectivity index (χ0n) is 10.3. The molecular formula is C12H17N3O2S. The smallest absolute Gasteiger partial charge is 0.310 e. The largest absolute Gasteiger partial charge is 0.377 e. The molecule has 1 aliphatic rings. The second-order valence-electron chi connectivity index (χ2n) is 4.50. The molecule has 0 unspecified atom stereocenters. The molecule has 1 aromatic rings. The quantitative estimate of drug-likeness (QED) is 0.670. The van der Waals surface area contributed by atoms with Crippen LogP contribution in [0, 0.1) is 10.1 Å². The van der Waals surface area contributed by atoms with Crippen LogP contribution in [-0.2, 0) is 0 Å². The number of thioether (sulfide) groups is 1. The molecule has 0 radical (unpaired) electrons. The Morgan fingerprint density at radius 1 is 1.44 bits per heavy atom. The van der Waals surface area contributed by atoms with Gasteiger partial charge in [-0.05, 0) is 38.0 Å². The number of pyridine rings is 1. The van der Waals surface area contributed by atoms with Crippen molar-refractivity contribution >= 4 is 23.1 Å². The molecule has 0 atom stereocenters. The van der Waals surface area contributed by atoms with Crippen molar-refractivity contribution in [1.82, 2.24) is 4.98 Å². The molecule has 98 valence electrons. The lowest BCUT2D eigenvalue weighted by Gasteiger charge is -2.28. The molecule has 1 saturated carbocycles. The summed E-state index contributed by atoms with van der Waals surface area (Å²) < 4.78 is 0.